The molecule has 2 aromatic heterocycles. The van der Waals surface area contributed by atoms with E-state index in [4.69, 9.17) is 5.26 Å². The fourth-order valence-electron chi connectivity index (χ4n) is 2.46. The van der Waals surface area contributed by atoms with Gasteiger partial charge in [-0.2, -0.15) is 5.26 Å². The van der Waals surface area contributed by atoms with Gasteiger partial charge in [-0.25, -0.2) is 9.97 Å². The van der Waals surface area contributed by atoms with E-state index in [2.05, 4.69) is 42.2 Å². The van der Waals surface area contributed by atoms with Gasteiger partial charge in [0.15, 0.2) is 0 Å². The molecule has 106 valence electrons. The number of nitriles is 1. The van der Waals surface area contributed by atoms with Crippen LogP contribution >= 0.6 is 15.9 Å². The zero-order valence-corrected chi connectivity index (χ0v) is 12.9. The zero-order valence-electron chi connectivity index (χ0n) is 11.3. The van der Waals surface area contributed by atoms with Gasteiger partial charge in [-0.1, -0.05) is 6.07 Å². The number of halogens is 1. The first-order valence-electron chi connectivity index (χ1n) is 6.75. The fourth-order valence-corrected chi connectivity index (χ4v) is 2.77. The molecule has 1 unspecified atom stereocenters. The summed E-state index contributed by atoms with van der Waals surface area (Å²) >= 11 is 3.34. The quantitative estimate of drug-likeness (QED) is 0.868. The summed E-state index contributed by atoms with van der Waals surface area (Å²) in [4.78, 5) is 11.0. The molecule has 0 bridgehead atoms. The molecule has 3 heterocycles. The lowest BCUT2D eigenvalue weighted by Crippen LogP contribution is -2.27. The smallest absolute Gasteiger partial charge is 0.145 e. The Balaban J connectivity index is 1.71. The molecule has 0 radical (unpaired) electrons. The normalized spacial score (nSPS) is 17.5. The summed E-state index contributed by atoms with van der Waals surface area (Å²) in [6.07, 6.45) is 2.80. The lowest BCUT2D eigenvalue weighted by molar-refractivity contribution is 0.798. The third-order valence-electron chi connectivity index (χ3n) is 3.48. The first-order chi connectivity index (χ1) is 10.3. The minimum atomic E-state index is 0.265. The van der Waals surface area contributed by atoms with E-state index in [0.717, 1.165) is 29.9 Å². The number of hydrogen-bond acceptors (Lipinski definition) is 5. The molecule has 0 spiro atoms. The van der Waals surface area contributed by atoms with Crippen LogP contribution in [0.3, 0.4) is 0 Å². The maximum absolute atomic E-state index is 9.15. The molecule has 1 atom stereocenters. The Morgan fingerprint density at radius 3 is 3.00 bits per heavy atom. The summed E-state index contributed by atoms with van der Waals surface area (Å²) in [5, 5.41) is 12.5. The highest BCUT2D eigenvalue weighted by atomic mass is 79.9. The minimum absolute atomic E-state index is 0.265. The Hall–Kier alpha value is -2.13. The van der Waals surface area contributed by atoms with Gasteiger partial charge in [-0.3, -0.25) is 0 Å². The monoisotopic (exact) mass is 343 g/mol. The molecular formula is C15H14BrN5. The highest BCUT2D eigenvalue weighted by Crippen LogP contribution is 2.22. The molecule has 1 aliphatic heterocycles. The van der Waals surface area contributed by atoms with Crippen molar-refractivity contribution in [2.24, 2.45) is 0 Å². The van der Waals surface area contributed by atoms with Crippen molar-refractivity contribution in [3.05, 3.63) is 46.7 Å². The molecule has 2 aromatic rings. The average molecular weight is 344 g/mol. The summed E-state index contributed by atoms with van der Waals surface area (Å²) < 4.78 is 0.726. The Morgan fingerprint density at radius 1 is 1.33 bits per heavy atom. The van der Waals surface area contributed by atoms with Crippen molar-refractivity contribution in [1.29, 1.82) is 5.26 Å². The maximum atomic E-state index is 9.15. The lowest BCUT2D eigenvalue weighted by Gasteiger charge is -2.18. The molecule has 0 saturated carbocycles. The van der Waals surface area contributed by atoms with Gasteiger partial charge in [-0.05, 0) is 46.6 Å². The van der Waals surface area contributed by atoms with Crippen molar-refractivity contribution < 1.29 is 0 Å². The average Bonchev–Trinajstić information content (AvgIpc) is 2.97. The van der Waals surface area contributed by atoms with Gasteiger partial charge in [0.1, 0.15) is 22.3 Å². The van der Waals surface area contributed by atoms with Crippen molar-refractivity contribution in [1.82, 2.24) is 9.97 Å². The van der Waals surface area contributed by atoms with E-state index in [1.54, 1.807) is 18.3 Å². The highest BCUT2D eigenvalue weighted by Gasteiger charge is 2.24. The van der Waals surface area contributed by atoms with Crippen LogP contribution in [0.25, 0.3) is 0 Å². The van der Waals surface area contributed by atoms with Crippen LogP contribution in [0.15, 0.2) is 41.1 Å². The van der Waals surface area contributed by atoms with Crippen molar-refractivity contribution in [3.63, 3.8) is 0 Å². The summed E-state index contributed by atoms with van der Waals surface area (Å²) in [7, 11) is 0. The number of anilines is 2. The third kappa shape index (κ3) is 3.14. The molecule has 1 fully saturated rings. The Kier molecular flexibility index (Phi) is 4.02. The SMILES string of the molecule is N#Cc1ccc(Br)nc1NC1CCN(c2ccccn2)C1. The zero-order chi connectivity index (χ0) is 14.7. The van der Waals surface area contributed by atoms with Gasteiger partial charge in [0, 0.05) is 25.3 Å². The molecule has 1 saturated heterocycles. The summed E-state index contributed by atoms with van der Waals surface area (Å²) in [5.41, 5.74) is 0.564. The van der Waals surface area contributed by atoms with Crippen LogP contribution in [0.5, 0.6) is 0 Å². The van der Waals surface area contributed by atoms with E-state index in [0.29, 0.717) is 11.4 Å². The Bertz CT molecular complexity index is 668. The van der Waals surface area contributed by atoms with E-state index >= 15 is 0 Å². The van der Waals surface area contributed by atoms with Crippen LogP contribution in [0.2, 0.25) is 0 Å². The predicted octanol–water partition coefficient (Wildman–Crippen LogP) is 2.80. The number of hydrogen-bond donors (Lipinski definition) is 1. The van der Waals surface area contributed by atoms with Crippen LogP contribution in [-0.4, -0.2) is 29.1 Å². The van der Waals surface area contributed by atoms with Gasteiger partial charge in [0.05, 0.1) is 5.56 Å². The molecule has 21 heavy (non-hydrogen) atoms. The molecule has 1 N–H and O–H groups in total. The Labute approximate surface area is 131 Å². The molecule has 0 aliphatic carbocycles. The van der Waals surface area contributed by atoms with Crippen LogP contribution in [-0.2, 0) is 0 Å². The molecular weight excluding hydrogens is 330 g/mol. The van der Waals surface area contributed by atoms with Crippen molar-refractivity contribution in [3.8, 4) is 6.07 Å². The molecule has 6 heteroatoms. The van der Waals surface area contributed by atoms with Crippen molar-refractivity contribution >= 4 is 27.6 Å². The topological polar surface area (TPSA) is 64.8 Å². The predicted molar refractivity (Wildman–Crippen MR) is 85.1 cm³/mol. The van der Waals surface area contributed by atoms with E-state index < -0.39 is 0 Å². The van der Waals surface area contributed by atoms with E-state index in [1.807, 2.05) is 18.2 Å². The third-order valence-corrected chi connectivity index (χ3v) is 3.93. The highest BCUT2D eigenvalue weighted by molar-refractivity contribution is 9.10. The van der Waals surface area contributed by atoms with Crippen LogP contribution in [0.1, 0.15) is 12.0 Å². The molecule has 3 rings (SSSR count). The van der Waals surface area contributed by atoms with Gasteiger partial charge >= 0.3 is 0 Å². The number of aromatic nitrogens is 2. The van der Waals surface area contributed by atoms with Gasteiger partial charge in [0.25, 0.3) is 0 Å². The molecule has 1 aliphatic rings. The van der Waals surface area contributed by atoms with Gasteiger partial charge in [-0.15, -0.1) is 0 Å². The van der Waals surface area contributed by atoms with E-state index in [9.17, 15) is 0 Å². The van der Waals surface area contributed by atoms with Gasteiger partial charge in [0.2, 0.25) is 0 Å². The number of nitrogens with zero attached hydrogens (tertiary/aromatic N) is 4. The van der Waals surface area contributed by atoms with Crippen LogP contribution in [0, 0.1) is 11.3 Å². The number of pyridine rings is 2. The minimum Gasteiger partial charge on any atom is -0.364 e. The van der Waals surface area contributed by atoms with Crippen LogP contribution < -0.4 is 10.2 Å². The second-order valence-electron chi connectivity index (χ2n) is 4.91. The molecule has 0 aromatic carbocycles. The second kappa shape index (κ2) is 6.10. The summed E-state index contributed by atoms with van der Waals surface area (Å²) in [6, 6.07) is 11.9. The molecule has 5 nitrogen and oxygen atoms in total. The maximum Gasteiger partial charge on any atom is 0.145 e. The largest absolute Gasteiger partial charge is 0.364 e. The Morgan fingerprint density at radius 2 is 2.24 bits per heavy atom. The standard InChI is InChI=1S/C15H14BrN5/c16-13-5-4-11(9-17)15(20-13)19-12-6-8-21(10-12)14-3-1-2-7-18-14/h1-5,7,12H,6,8,10H2,(H,19,20). The summed E-state index contributed by atoms with van der Waals surface area (Å²) in [5.74, 6) is 1.63. The van der Waals surface area contributed by atoms with Crippen molar-refractivity contribution in [2.45, 2.75) is 12.5 Å². The number of nitrogens with one attached hydrogen (secondary N) is 1. The number of rotatable bonds is 3. The first-order valence-corrected chi connectivity index (χ1v) is 7.55. The van der Waals surface area contributed by atoms with Crippen LogP contribution in [0.4, 0.5) is 11.6 Å². The molecule has 0 amide bonds. The second-order valence-corrected chi connectivity index (χ2v) is 5.72. The van der Waals surface area contributed by atoms with E-state index in [-0.39, 0.29) is 6.04 Å². The van der Waals surface area contributed by atoms with Gasteiger partial charge < -0.3 is 10.2 Å². The summed E-state index contributed by atoms with van der Waals surface area (Å²) in [6.45, 7) is 1.81. The van der Waals surface area contributed by atoms with E-state index in [1.165, 1.54) is 0 Å². The first kappa shape index (κ1) is 13.8. The lowest BCUT2D eigenvalue weighted by atomic mass is 10.2. The fraction of sp³-hybridized carbons (Fsp3) is 0.267. The van der Waals surface area contributed by atoms with Crippen molar-refractivity contribution in [2.75, 3.05) is 23.3 Å².